The summed E-state index contributed by atoms with van der Waals surface area (Å²) in [5, 5.41) is 2.67. The third-order valence-corrected chi connectivity index (χ3v) is 2.93. The van der Waals surface area contributed by atoms with Crippen molar-refractivity contribution in [3.8, 4) is 0 Å². The maximum Gasteiger partial charge on any atom is 0.407 e. The molecule has 0 radical (unpaired) electrons. The Balaban J connectivity index is 2.69. The van der Waals surface area contributed by atoms with Crippen LogP contribution >= 0.6 is 0 Å². The highest BCUT2D eigenvalue weighted by molar-refractivity contribution is 5.67. The average molecular weight is 282 g/mol. The number of amides is 1. The smallest absolute Gasteiger partial charge is 0.407 e. The van der Waals surface area contributed by atoms with Gasteiger partial charge in [-0.25, -0.2) is 9.18 Å². The summed E-state index contributed by atoms with van der Waals surface area (Å²) in [7, 11) is 0. The van der Waals surface area contributed by atoms with Crippen molar-refractivity contribution in [1.82, 2.24) is 5.32 Å². The van der Waals surface area contributed by atoms with Crippen LogP contribution in [0.2, 0.25) is 0 Å². The van der Waals surface area contributed by atoms with Crippen molar-refractivity contribution in [1.29, 1.82) is 0 Å². The first-order valence-corrected chi connectivity index (χ1v) is 6.66. The van der Waals surface area contributed by atoms with E-state index in [2.05, 4.69) is 5.32 Å². The van der Waals surface area contributed by atoms with Gasteiger partial charge in [-0.2, -0.15) is 0 Å². The SMILES string of the molecule is Cc1c(F)cccc1C(CN)CNC(=O)OC(C)(C)C. The Hall–Kier alpha value is -1.62. The van der Waals surface area contributed by atoms with Gasteiger partial charge in [0.1, 0.15) is 11.4 Å². The molecule has 3 N–H and O–H groups in total. The molecule has 0 saturated heterocycles. The molecule has 0 aromatic heterocycles. The molecule has 5 heteroatoms. The van der Waals surface area contributed by atoms with Gasteiger partial charge in [-0.15, -0.1) is 0 Å². The molecule has 1 amide bonds. The lowest BCUT2D eigenvalue weighted by Gasteiger charge is -2.22. The van der Waals surface area contributed by atoms with Crippen LogP contribution < -0.4 is 11.1 Å². The summed E-state index contributed by atoms with van der Waals surface area (Å²) in [6.07, 6.45) is -0.495. The zero-order valence-electron chi connectivity index (χ0n) is 12.5. The molecular formula is C15H23FN2O2. The zero-order valence-corrected chi connectivity index (χ0v) is 12.5. The van der Waals surface area contributed by atoms with E-state index in [1.54, 1.807) is 33.8 Å². The van der Waals surface area contributed by atoms with E-state index in [0.717, 1.165) is 5.56 Å². The lowest BCUT2D eigenvalue weighted by molar-refractivity contribution is 0.0525. The Morgan fingerprint density at radius 3 is 2.65 bits per heavy atom. The third-order valence-electron chi connectivity index (χ3n) is 2.93. The molecule has 1 unspecified atom stereocenters. The number of nitrogens with one attached hydrogen (secondary N) is 1. The molecule has 20 heavy (non-hydrogen) atoms. The Kier molecular flexibility index (Phi) is 5.51. The molecule has 0 aliphatic rings. The Morgan fingerprint density at radius 2 is 2.10 bits per heavy atom. The van der Waals surface area contributed by atoms with E-state index in [1.165, 1.54) is 6.07 Å². The van der Waals surface area contributed by atoms with Crippen molar-refractivity contribution in [3.05, 3.63) is 35.1 Å². The Labute approximate surface area is 119 Å². The van der Waals surface area contributed by atoms with Crippen molar-refractivity contribution in [2.24, 2.45) is 5.73 Å². The molecule has 0 heterocycles. The van der Waals surface area contributed by atoms with Gasteiger partial charge in [-0.05, 0) is 44.9 Å². The number of carbonyl (C=O) groups is 1. The maximum atomic E-state index is 13.5. The van der Waals surface area contributed by atoms with E-state index in [4.69, 9.17) is 10.5 Å². The van der Waals surface area contributed by atoms with Crippen molar-refractivity contribution in [2.45, 2.75) is 39.2 Å². The van der Waals surface area contributed by atoms with Gasteiger partial charge in [0.15, 0.2) is 0 Å². The minimum atomic E-state index is -0.545. The van der Waals surface area contributed by atoms with Gasteiger partial charge in [-0.3, -0.25) is 0 Å². The van der Waals surface area contributed by atoms with Gasteiger partial charge >= 0.3 is 6.09 Å². The molecule has 1 rings (SSSR count). The van der Waals surface area contributed by atoms with Crippen LogP contribution in [-0.4, -0.2) is 24.8 Å². The number of rotatable bonds is 4. The van der Waals surface area contributed by atoms with Crippen LogP contribution in [0.25, 0.3) is 0 Å². The van der Waals surface area contributed by atoms with Gasteiger partial charge in [0.25, 0.3) is 0 Å². The number of alkyl carbamates (subject to hydrolysis) is 1. The number of ether oxygens (including phenoxy) is 1. The van der Waals surface area contributed by atoms with Crippen molar-refractivity contribution >= 4 is 6.09 Å². The molecule has 0 spiro atoms. The first kappa shape index (κ1) is 16.4. The molecule has 112 valence electrons. The predicted octanol–water partition coefficient (Wildman–Crippen LogP) is 2.70. The first-order chi connectivity index (χ1) is 9.24. The third kappa shape index (κ3) is 4.81. The largest absolute Gasteiger partial charge is 0.444 e. The molecule has 0 saturated carbocycles. The molecule has 0 aliphatic carbocycles. The lowest BCUT2D eigenvalue weighted by Crippen LogP contribution is -2.36. The normalized spacial score (nSPS) is 12.9. The second kappa shape index (κ2) is 6.70. The van der Waals surface area contributed by atoms with E-state index in [-0.39, 0.29) is 11.7 Å². The topological polar surface area (TPSA) is 64.3 Å². The lowest BCUT2D eigenvalue weighted by atomic mass is 9.94. The number of hydrogen-bond acceptors (Lipinski definition) is 3. The summed E-state index contributed by atoms with van der Waals surface area (Å²) in [6.45, 7) is 7.73. The van der Waals surface area contributed by atoms with E-state index in [9.17, 15) is 9.18 Å². The van der Waals surface area contributed by atoms with Gasteiger partial charge in [-0.1, -0.05) is 12.1 Å². The average Bonchev–Trinajstić information content (AvgIpc) is 2.32. The van der Waals surface area contributed by atoms with Crippen LogP contribution in [0.3, 0.4) is 0 Å². The van der Waals surface area contributed by atoms with Crippen LogP contribution in [0, 0.1) is 12.7 Å². The quantitative estimate of drug-likeness (QED) is 0.892. The molecule has 0 aliphatic heterocycles. The second-order valence-electron chi connectivity index (χ2n) is 5.77. The van der Waals surface area contributed by atoms with Crippen LogP contribution in [0.5, 0.6) is 0 Å². The van der Waals surface area contributed by atoms with Gasteiger partial charge in [0.2, 0.25) is 0 Å². The molecule has 0 bridgehead atoms. The summed E-state index contributed by atoms with van der Waals surface area (Å²) in [5.41, 5.74) is 6.55. The fraction of sp³-hybridized carbons (Fsp3) is 0.533. The van der Waals surface area contributed by atoms with E-state index in [0.29, 0.717) is 18.7 Å². The summed E-state index contributed by atoms with van der Waals surface area (Å²) >= 11 is 0. The van der Waals surface area contributed by atoms with Crippen LogP contribution in [0.1, 0.15) is 37.8 Å². The van der Waals surface area contributed by atoms with E-state index in [1.807, 2.05) is 6.07 Å². The highest BCUT2D eigenvalue weighted by Crippen LogP contribution is 2.20. The number of halogens is 1. The Bertz CT molecular complexity index is 469. The minimum absolute atomic E-state index is 0.141. The summed E-state index contributed by atoms with van der Waals surface area (Å²) in [5.74, 6) is -0.406. The molecular weight excluding hydrogens is 259 g/mol. The number of carbonyl (C=O) groups excluding carboxylic acids is 1. The van der Waals surface area contributed by atoms with Gasteiger partial charge < -0.3 is 15.8 Å². The fourth-order valence-corrected chi connectivity index (χ4v) is 1.91. The van der Waals surface area contributed by atoms with Crippen LogP contribution in [0.15, 0.2) is 18.2 Å². The monoisotopic (exact) mass is 282 g/mol. The molecule has 0 fully saturated rings. The van der Waals surface area contributed by atoms with E-state index < -0.39 is 11.7 Å². The number of nitrogens with two attached hydrogens (primary N) is 1. The highest BCUT2D eigenvalue weighted by atomic mass is 19.1. The second-order valence-corrected chi connectivity index (χ2v) is 5.77. The van der Waals surface area contributed by atoms with Gasteiger partial charge in [0, 0.05) is 19.0 Å². The first-order valence-electron chi connectivity index (χ1n) is 6.66. The Morgan fingerprint density at radius 1 is 1.45 bits per heavy atom. The number of hydrogen-bond donors (Lipinski definition) is 2. The standard InChI is InChI=1S/C15H23FN2O2/c1-10-12(6-5-7-13(10)16)11(8-17)9-18-14(19)20-15(2,3)4/h5-7,11H,8-9,17H2,1-4H3,(H,18,19). The predicted molar refractivity (Wildman–Crippen MR) is 77.2 cm³/mol. The summed E-state index contributed by atoms with van der Waals surface area (Å²) in [4.78, 5) is 11.6. The maximum absolute atomic E-state index is 13.5. The molecule has 1 aromatic rings. The van der Waals surface area contributed by atoms with Crippen molar-refractivity contribution < 1.29 is 13.9 Å². The fourth-order valence-electron chi connectivity index (χ4n) is 1.91. The molecule has 1 aromatic carbocycles. The molecule has 1 atom stereocenters. The van der Waals surface area contributed by atoms with Crippen LogP contribution in [-0.2, 0) is 4.74 Å². The van der Waals surface area contributed by atoms with Crippen molar-refractivity contribution in [3.63, 3.8) is 0 Å². The molecule has 4 nitrogen and oxygen atoms in total. The summed E-state index contributed by atoms with van der Waals surface area (Å²) in [6, 6.07) is 4.88. The highest BCUT2D eigenvalue weighted by Gasteiger charge is 2.19. The number of benzene rings is 1. The van der Waals surface area contributed by atoms with Crippen LogP contribution in [0.4, 0.5) is 9.18 Å². The van der Waals surface area contributed by atoms with Crippen molar-refractivity contribution in [2.75, 3.05) is 13.1 Å². The van der Waals surface area contributed by atoms with E-state index >= 15 is 0 Å². The minimum Gasteiger partial charge on any atom is -0.444 e. The zero-order chi connectivity index (χ0) is 15.3. The van der Waals surface area contributed by atoms with Gasteiger partial charge in [0.05, 0.1) is 0 Å². The summed E-state index contributed by atoms with van der Waals surface area (Å²) < 4.78 is 18.7.